The Balaban J connectivity index is 1.90. The number of carbonyl (C=O) groups is 3. The Kier molecular flexibility index (Phi) is 4.69. The molecular formula is C14H23N3O4. The van der Waals surface area contributed by atoms with Crippen molar-refractivity contribution in [1.29, 1.82) is 0 Å². The van der Waals surface area contributed by atoms with E-state index in [4.69, 9.17) is 0 Å². The van der Waals surface area contributed by atoms with Crippen LogP contribution in [0.5, 0.6) is 0 Å². The van der Waals surface area contributed by atoms with Gasteiger partial charge in [0.2, 0.25) is 5.91 Å². The second-order valence-corrected chi connectivity index (χ2v) is 5.90. The molecule has 0 aromatic heterocycles. The van der Waals surface area contributed by atoms with Crippen LogP contribution in [0.25, 0.3) is 0 Å². The van der Waals surface area contributed by atoms with Crippen LogP contribution < -0.4 is 10.6 Å². The molecular weight excluding hydrogens is 274 g/mol. The first-order chi connectivity index (χ1) is 9.98. The number of hydrogen-bond donors (Lipinski definition) is 3. The summed E-state index contributed by atoms with van der Waals surface area (Å²) in [7, 11) is 1.61. The van der Waals surface area contributed by atoms with Gasteiger partial charge in [0.15, 0.2) is 0 Å². The molecule has 1 heterocycles. The number of amides is 3. The number of nitrogens with zero attached hydrogens (tertiary/aromatic N) is 1. The van der Waals surface area contributed by atoms with Gasteiger partial charge in [0.1, 0.15) is 5.54 Å². The number of carbonyl (C=O) groups excluding carboxylic acids is 2. The van der Waals surface area contributed by atoms with Crippen LogP contribution in [0.2, 0.25) is 0 Å². The van der Waals surface area contributed by atoms with Crippen LogP contribution in [0, 0.1) is 5.92 Å². The van der Waals surface area contributed by atoms with Crippen LogP contribution >= 0.6 is 0 Å². The Morgan fingerprint density at radius 2 is 1.71 bits per heavy atom. The number of aliphatic carboxylic acids is 1. The van der Waals surface area contributed by atoms with Crippen LogP contribution in [-0.4, -0.2) is 53.6 Å². The van der Waals surface area contributed by atoms with Gasteiger partial charge in [-0.2, -0.15) is 0 Å². The fourth-order valence-electron chi connectivity index (χ4n) is 3.20. The molecule has 118 valence electrons. The molecule has 0 atom stereocenters. The van der Waals surface area contributed by atoms with E-state index in [0.717, 1.165) is 12.8 Å². The van der Waals surface area contributed by atoms with Gasteiger partial charge in [0, 0.05) is 26.1 Å². The van der Waals surface area contributed by atoms with Crippen molar-refractivity contribution < 1.29 is 19.5 Å². The van der Waals surface area contributed by atoms with Crippen LogP contribution in [0.1, 0.15) is 38.5 Å². The van der Waals surface area contributed by atoms with Gasteiger partial charge in [-0.25, -0.2) is 9.59 Å². The topological polar surface area (TPSA) is 98.7 Å². The van der Waals surface area contributed by atoms with Crippen molar-refractivity contribution in [2.45, 2.75) is 44.1 Å². The third-order valence-electron chi connectivity index (χ3n) is 4.61. The van der Waals surface area contributed by atoms with Crippen molar-refractivity contribution in [1.82, 2.24) is 15.5 Å². The molecule has 1 aliphatic carbocycles. The zero-order valence-corrected chi connectivity index (χ0v) is 12.4. The molecule has 0 aromatic carbocycles. The number of hydrogen-bond acceptors (Lipinski definition) is 3. The number of rotatable bonds is 3. The van der Waals surface area contributed by atoms with Gasteiger partial charge < -0.3 is 20.6 Å². The van der Waals surface area contributed by atoms with Crippen LogP contribution in [0.3, 0.4) is 0 Å². The Morgan fingerprint density at radius 1 is 1.14 bits per heavy atom. The Morgan fingerprint density at radius 3 is 2.19 bits per heavy atom. The molecule has 3 N–H and O–H groups in total. The number of carboxylic acid groups (broad SMARTS) is 1. The third kappa shape index (κ3) is 3.28. The molecule has 0 radical (unpaired) electrons. The molecule has 1 aliphatic heterocycles. The quantitative estimate of drug-likeness (QED) is 0.708. The summed E-state index contributed by atoms with van der Waals surface area (Å²) < 4.78 is 0. The van der Waals surface area contributed by atoms with Crippen molar-refractivity contribution in [3.05, 3.63) is 0 Å². The summed E-state index contributed by atoms with van der Waals surface area (Å²) in [4.78, 5) is 36.9. The number of likely N-dealkylation sites (tertiary alicyclic amines) is 1. The van der Waals surface area contributed by atoms with Gasteiger partial charge in [-0.3, -0.25) is 4.79 Å². The lowest BCUT2D eigenvalue weighted by Crippen LogP contribution is -2.57. The summed E-state index contributed by atoms with van der Waals surface area (Å²) in [5.74, 6) is -1.000. The first-order valence-corrected chi connectivity index (χ1v) is 7.50. The van der Waals surface area contributed by atoms with E-state index in [0.29, 0.717) is 38.8 Å². The monoisotopic (exact) mass is 297 g/mol. The molecule has 0 unspecified atom stereocenters. The highest BCUT2D eigenvalue weighted by Crippen LogP contribution is 2.30. The van der Waals surface area contributed by atoms with Crippen LogP contribution in [0.4, 0.5) is 4.79 Å². The summed E-state index contributed by atoms with van der Waals surface area (Å²) in [5.41, 5.74) is -1.10. The highest BCUT2D eigenvalue weighted by Gasteiger charge is 2.43. The van der Waals surface area contributed by atoms with E-state index in [1.54, 1.807) is 11.9 Å². The minimum atomic E-state index is -1.10. The SMILES string of the molecule is CNC(=O)C1CCN(C(=O)NC2(C(=O)O)CCCC2)CC1. The second-order valence-electron chi connectivity index (χ2n) is 5.90. The second kappa shape index (κ2) is 6.32. The van der Waals surface area contributed by atoms with Crippen molar-refractivity contribution in [2.75, 3.05) is 20.1 Å². The maximum atomic E-state index is 12.3. The lowest BCUT2D eigenvalue weighted by atomic mass is 9.95. The van der Waals surface area contributed by atoms with Crippen LogP contribution in [-0.2, 0) is 9.59 Å². The molecule has 7 heteroatoms. The first-order valence-electron chi connectivity index (χ1n) is 7.50. The number of piperidine rings is 1. The van der Waals surface area contributed by atoms with Crippen molar-refractivity contribution in [3.63, 3.8) is 0 Å². The molecule has 21 heavy (non-hydrogen) atoms. The van der Waals surface area contributed by atoms with E-state index < -0.39 is 11.5 Å². The Labute approximate surface area is 124 Å². The molecule has 2 fully saturated rings. The first kappa shape index (κ1) is 15.6. The van der Waals surface area contributed by atoms with Gasteiger partial charge >= 0.3 is 12.0 Å². The lowest BCUT2D eigenvalue weighted by molar-refractivity contribution is -0.144. The lowest BCUT2D eigenvalue weighted by Gasteiger charge is -2.34. The molecule has 7 nitrogen and oxygen atoms in total. The third-order valence-corrected chi connectivity index (χ3v) is 4.61. The fourth-order valence-corrected chi connectivity index (χ4v) is 3.20. The van der Waals surface area contributed by atoms with E-state index in [1.165, 1.54) is 0 Å². The summed E-state index contributed by atoms with van der Waals surface area (Å²) in [5, 5.41) is 14.7. The molecule has 1 saturated heterocycles. The average Bonchev–Trinajstić information content (AvgIpc) is 2.96. The maximum absolute atomic E-state index is 12.3. The molecule has 0 bridgehead atoms. The van der Waals surface area contributed by atoms with Gasteiger partial charge in [0.25, 0.3) is 0 Å². The highest BCUT2D eigenvalue weighted by molar-refractivity contribution is 5.86. The van der Waals surface area contributed by atoms with E-state index in [-0.39, 0.29) is 17.9 Å². The summed E-state index contributed by atoms with van der Waals surface area (Å²) in [6.07, 6.45) is 3.86. The highest BCUT2D eigenvalue weighted by atomic mass is 16.4. The molecule has 0 spiro atoms. The summed E-state index contributed by atoms with van der Waals surface area (Å²) in [6.45, 7) is 0.971. The molecule has 3 amide bonds. The molecule has 2 rings (SSSR count). The maximum Gasteiger partial charge on any atom is 0.329 e. The minimum Gasteiger partial charge on any atom is -0.480 e. The predicted octanol–water partition coefficient (Wildman–Crippen LogP) is 0.551. The van der Waals surface area contributed by atoms with E-state index >= 15 is 0 Å². The van der Waals surface area contributed by atoms with Gasteiger partial charge in [-0.15, -0.1) is 0 Å². The van der Waals surface area contributed by atoms with E-state index in [9.17, 15) is 19.5 Å². The predicted molar refractivity (Wildman–Crippen MR) is 75.7 cm³/mol. The van der Waals surface area contributed by atoms with Crippen molar-refractivity contribution >= 4 is 17.9 Å². The largest absolute Gasteiger partial charge is 0.480 e. The molecule has 2 aliphatic rings. The van der Waals surface area contributed by atoms with E-state index in [1.807, 2.05) is 0 Å². The Hall–Kier alpha value is -1.79. The molecule has 1 saturated carbocycles. The molecule has 0 aromatic rings. The normalized spacial score (nSPS) is 21.9. The number of carboxylic acids is 1. The smallest absolute Gasteiger partial charge is 0.329 e. The van der Waals surface area contributed by atoms with Gasteiger partial charge in [-0.05, 0) is 25.7 Å². The van der Waals surface area contributed by atoms with E-state index in [2.05, 4.69) is 10.6 Å². The van der Waals surface area contributed by atoms with Crippen molar-refractivity contribution in [3.8, 4) is 0 Å². The van der Waals surface area contributed by atoms with Gasteiger partial charge in [0.05, 0.1) is 0 Å². The zero-order valence-electron chi connectivity index (χ0n) is 12.4. The summed E-state index contributed by atoms with van der Waals surface area (Å²) >= 11 is 0. The van der Waals surface area contributed by atoms with Gasteiger partial charge in [-0.1, -0.05) is 12.8 Å². The van der Waals surface area contributed by atoms with Crippen LogP contribution in [0.15, 0.2) is 0 Å². The Bertz CT molecular complexity index is 424. The zero-order chi connectivity index (χ0) is 15.5. The fraction of sp³-hybridized carbons (Fsp3) is 0.786. The minimum absolute atomic E-state index is 0.00728. The average molecular weight is 297 g/mol. The standard InChI is InChI=1S/C14H23N3O4/c1-15-11(18)10-4-8-17(9-5-10)13(21)16-14(12(19)20)6-2-3-7-14/h10H,2-9H2,1H3,(H,15,18)(H,16,21)(H,19,20). The number of nitrogens with one attached hydrogen (secondary N) is 2. The number of urea groups is 1. The summed E-state index contributed by atoms with van der Waals surface area (Å²) in [6, 6.07) is -0.324. The van der Waals surface area contributed by atoms with Crippen molar-refractivity contribution in [2.24, 2.45) is 5.92 Å².